The molecule has 4 rings (SSSR count). The summed E-state index contributed by atoms with van der Waals surface area (Å²) in [6.07, 6.45) is 6.56. The minimum absolute atomic E-state index is 0.626. The molecule has 0 saturated heterocycles. The van der Waals surface area contributed by atoms with E-state index in [1.807, 2.05) is 18.3 Å². The van der Waals surface area contributed by atoms with Crippen molar-refractivity contribution >= 4 is 17.6 Å². The van der Waals surface area contributed by atoms with Crippen molar-refractivity contribution in [2.75, 3.05) is 10.6 Å². The van der Waals surface area contributed by atoms with Crippen molar-refractivity contribution in [3.63, 3.8) is 0 Å². The van der Waals surface area contributed by atoms with E-state index in [9.17, 15) is 0 Å². The van der Waals surface area contributed by atoms with Gasteiger partial charge in [-0.1, -0.05) is 18.2 Å². The van der Waals surface area contributed by atoms with Gasteiger partial charge < -0.3 is 5.32 Å². The van der Waals surface area contributed by atoms with Crippen LogP contribution in [0.2, 0.25) is 0 Å². The van der Waals surface area contributed by atoms with E-state index in [-0.39, 0.29) is 0 Å². The fourth-order valence-electron chi connectivity index (χ4n) is 2.82. The lowest BCUT2D eigenvalue weighted by Crippen LogP contribution is -2.27. The Hall–Kier alpha value is -2.43. The zero-order valence-corrected chi connectivity index (χ0v) is 11.8. The number of nitrogens with one attached hydrogen (secondary N) is 2. The number of anilines is 2. The molecule has 1 aliphatic carbocycles. The molecule has 2 aliphatic rings. The minimum atomic E-state index is 0.626. The van der Waals surface area contributed by atoms with Crippen molar-refractivity contribution in [3.8, 4) is 0 Å². The van der Waals surface area contributed by atoms with Gasteiger partial charge in [0.2, 0.25) is 11.9 Å². The molecule has 1 aromatic carbocycles. The largest absolute Gasteiger partial charge is 0.326 e. The molecule has 2 N–H and O–H groups in total. The number of guanidine groups is 1. The average molecular weight is 279 g/mol. The maximum atomic E-state index is 4.62. The molecule has 1 aliphatic heterocycles. The number of hydrogen-bond acceptors (Lipinski definition) is 5. The highest BCUT2D eigenvalue weighted by Gasteiger charge is 2.14. The highest BCUT2D eigenvalue weighted by molar-refractivity contribution is 6.04. The zero-order valence-electron chi connectivity index (χ0n) is 11.8. The van der Waals surface area contributed by atoms with Crippen molar-refractivity contribution in [1.29, 1.82) is 0 Å². The Morgan fingerprint density at radius 1 is 1.05 bits per heavy atom. The molecule has 0 radical (unpaired) electrons. The first-order valence-corrected chi connectivity index (χ1v) is 7.40. The first-order valence-electron chi connectivity index (χ1n) is 7.40. The van der Waals surface area contributed by atoms with Gasteiger partial charge >= 0.3 is 0 Å². The van der Waals surface area contributed by atoms with Gasteiger partial charge in [-0.05, 0) is 42.9 Å². The highest BCUT2D eigenvalue weighted by atomic mass is 15.2. The Kier molecular flexibility index (Phi) is 3.03. The number of fused-ring (bicyclic) bond motifs is 2. The maximum Gasteiger partial charge on any atom is 0.229 e. The van der Waals surface area contributed by atoms with Crippen LogP contribution in [0, 0.1) is 0 Å². The number of rotatable bonds is 1. The third-order valence-electron chi connectivity index (χ3n) is 3.97. The van der Waals surface area contributed by atoms with Gasteiger partial charge in [0.15, 0.2) is 0 Å². The highest BCUT2D eigenvalue weighted by Crippen LogP contribution is 2.21. The lowest BCUT2D eigenvalue weighted by Gasteiger charge is -2.19. The fourth-order valence-corrected chi connectivity index (χ4v) is 2.82. The van der Waals surface area contributed by atoms with E-state index in [1.165, 1.54) is 29.7 Å². The summed E-state index contributed by atoms with van der Waals surface area (Å²) >= 11 is 0. The molecule has 21 heavy (non-hydrogen) atoms. The molecule has 0 unspecified atom stereocenters. The number of nitrogens with zero attached hydrogens (tertiary/aromatic N) is 3. The van der Waals surface area contributed by atoms with Gasteiger partial charge in [-0.25, -0.2) is 15.0 Å². The van der Waals surface area contributed by atoms with Gasteiger partial charge in [-0.15, -0.1) is 0 Å². The van der Waals surface area contributed by atoms with Gasteiger partial charge in [-0.3, -0.25) is 5.32 Å². The van der Waals surface area contributed by atoms with E-state index in [4.69, 9.17) is 0 Å². The van der Waals surface area contributed by atoms with Crippen LogP contribution in [0.25, 0.3) is 0 Å². The smallest absolute Gasteiger partial charge is 0.229 e. The van der Waals surface area contributed by atoms with Crippen LogP contribution >= 0.6 is 0 Å². The van der Waals surface area contributed by atoms with E-state index >= 15 is 0 Å². The van der Waals surface area contributed by atoms with Gasteiger partial charge in [0.25, 0.3) is 0 Å². The predicted octanol–water partition coefficient (Wildman–Crippen LogP) is 2.75. The number of para-hydroxylation sites is 1. The van der Waals surface area contributed by atoms with E-state index in [0.717, 1.165) is 18.5 Å². The monoisotopic (exact) mass is 279 g/mol. The fraction of sp³-hybridized carbons (Fsp3) is 0.312. The van der Waals surface area contributed by atoms with Crippen LogP contribution in [0.1, 0.15) is 29.7 Å². The SMILES string of the molecule is c1ccc2c(c1)CN=C(Nc1ncc3c(n1)CCCC3)N2. The maximum absolute atomic E-state index is 4.62. The summed E-state index contributed by atoms with van der Waals surface area (Å²) in [5.74, 6) is 1.34. The van der Waals surface area contributed by atoms with Crippen molar-refractivity contribution in [2.45, 2.75) is 32.2 Å². The molecule has 0 fully saturated rings. The van der Waals surface area contributed by atoms with Gasteiger partial charge in [0, 0.05) is 17.6 Å². The van der Waals surface area contributed by atoms with Crippen LogP contribution < -0.4 is 10.6 Å². The summed E-state index contributed by atoms with van der Waals surface area (Å²) in [7, 11) is 0. The lowest BCUT2D eigenvalue weighted by atomic mass is 9.98. The number of benzene rings is 1. The summed E-state index contributed by atoms with van der Waals surface area (Å²) in [5.41, 5.74) is 4.76. The summed E-state index contributed by atoms with van der Waals surface area (Å²) in [4.78, 5) is 13.5. The topological polar surface area (TPSA) is 62.2 Å². The molecule has 5 nitrogen and oxygen atoms in total. The second-order valence-corrected chi connectivity index (χ2v) is 5.44. The van der Waals surface area contributed by atoms with Crippen molar-refractivity contribution in [2.24, 2.45) is 4.99 Å². The lowest BCUT2D eigenvalue weighted by molar-refractivity contribution is 0.663. The van der Waals surface area contributed by atoms with Crippen LogP contribution in [0.3, 0.4) is 0 Å². The molecule has 0 bridgehead atoms. The van der Waals surface area contributed by atoms with E-state index in [2.05, 4.69) is 37.7 Å². The number of aromatic nitrogens is 2. The van der Waals surface area contributed by atoms with Crippen LogP contribution in [0.4, 0.5) is 11.6 Å². The van der Waals surface area contributed by atoms with E-state index in [1.54, 1.807) is 0 Å². The van der Waals surface area contributed by atoms with E-state index in [0.29, 0.717) is 18.5 Å². The third-order valence-corrected chi connectivity index (χ3v) is 3.97. The summed E-state index contributed by atoms with van der Waals surface area (Å²) in [5, 5.41) is 6.47. The second kappa shape index (κ2) is 5.16. The average Bonchev–Trinajstić information content (AvgIpc) is 2.55. The van der Waals surface area contributed by atoms with Crippen molar-refractivity contribution in [3.05, 3.63) is 47.3 Å². The van der Waals surface area contributed by atoms with Crippen LogP contribution in [0.15, 0.2) is 35.5 Å². The molecule has 0 spiro atoms. The number of aliphatic imine (C=N–C) groups is 1. The minimum Gasteiger partial charge on any atom is -0.326 e. The number of hydrogen-bond donors (Lipinski definition) is 2. The normalized spacial score (nSPS) is 16.3. The summed E-state index contributed by atoms with van der Waals surface area (Å²) in [6.45, 7) is 0.677. The Morgan fingerprint density at radius 2 is 1.95 bits per heavy atom. The van der Waals surface area contributed by atoms with Crippen molar-refractivity contribution in [1.82, 2.24) is 9.97 Å². The van der Waals surface area contributed by atoms with Crippen molar-refractivity contribution < 1.29 is 0 Å². The first-order chi connectivity index (χ1) is 10.4. The third kappa shape index (κ3) is 2.46. The molecule has 0 saturated carbocycles. The second-order valence-electron chi connectivity index (χ2n) is 5.44. The van der Waals surface area contributed by atoms with Gasteiger partial charge in [0.05, 0.1) is 6.54 Å². The molecule has 0 amide bonds. The van der Waals surface area contributed by atoms with E-state index < -0.39 is 0 Å². The molecule has 5 heteroatoms. The molecule has 106 valence electrons. The Morgan fingerprint density at radius 3 is 2.95 bits per heavy atom. The molecule has 0 atom stereocenters. The molecule has 1 aromatic heterocycles. The molecular weight excluding hydrogens is 262 g/mol. The first kappa shape index (κ1) is 12.3. The molecule has 2 aromatic rings. The number of aryl methyl sites for hydroxylation is 2. The quantitative estimate of drug-likeness (QED) is 0.842. The van der Waals surface area contributed by atoms with Crippen LogP contribution in [0.5, 0.6) is 0 Å². The molecule has 2 heterocycles. The summed E-state index contributed by atoms with van der Waals surface area (Å²) in [6, 6.07) is 8.18. The zero-order chi connectivity index (χ0) is 14.1. The van der Waals surface area contributed by atoms with Gasteiger partial charge in [-0.2, -0.15) is 0 Å². The predicted molar refractivity (Wildman–Crippen MR) is 83.5 cm³/mol. The van der Waals surface area contributed by atoms with Crippen LogP contribution in [-0.4, -0.2) is 15.9 Å². The summed E-state index contributed by atoms with van der Waals surface area (Å²) < 4.78 is 0. The van der Waals surface area contributed by atoms with Crippen LogP contribution in [-0.2, 0) is 19.4 Å². The standard InChI is InChI=1S/C16H17N5/c1-3-7-13-11(5-1)9-17-15(19-13)21-16-18-10-12-6-2-4-8-14(12)20-16/h1,3,5,7,10H,2,4,6,8-9H2,(H2,17,18,19,20,21). The molecular formula is C16H17N5. The Labute approximate surface area is 123 Å². The Bertz CT molecular complexity index is 708. The van der Waals surface area contributed by atoms with Gasteiger partial charge in [0.1, 0.15) is 0 Å². The Balaban J connectivity index is 1.53.